The van der Waals surface area contributed by atoms with Gasteiger partial charge < -0.3 is 37.5 Å². The lowest BCUT2D eigenvalue weighted by atomic mass is 9.98. The van der Waals surface area contributed by atoms with Crippen LogP contribution in [0.5, 0.6) is 5.75 Å². The molecule has 2 spiro atoms. The van der Waals surface area contributed by atoms with Crippen molar-refractivity contribution in [2.24, 2.45) is 7.05 Å². The van der Waals surface area contributed by atoms with Gasteiger partial charge in [0.1, 0.15) is 28.2 Å². The average Bonchev–Trinajstić information content (AvgIpc) is 4.33. The molecule has 2 saturated heterocycles. The normalized spacial score (nSPS) is 17.1. The monoisotopic (exact) mass is 1110 g/mol. The Morgan fingerprint density at radius 3 is 1.78 bits per heavy atom. The van der Waals surface area contributed by atoms with E-state index in [1.165, 1.54) is 24.9 Å². The van der Waals surface area contributed by atoms with Crippen molar-refractivity contribution < 1.29 is 37.5 Å². The number of carbonyl (C=O) groups is 3. The Labute approximate surface area is 473 Å². The lowest BCUT2D eigenvalue weighted by Gasteiger charge is -2.42. The van der Waals surface area contributed by atoms with Gasteiger partial charge in [0.05, 0.1) is 29.4 Å². The largest absolute Gasteiger partial charge is 0.493 e. The maximum absolute atomic E-state index is 14.6. The zero-order valence-corrected chi connectivity index (χ0v) is 51.0. The Balaban J connectivity index is 0.000000335. The van der Waals surface area contributed by atoms with Crippen LogP contribution < -0.4 is 4.74 Å². The third-order valence-corrected chi connectivity index (χ3v) is 15.6. The first kappa shape index (κ1) is 60.6. The van der Waals surface area contributed by atoms with E-state index < -0.39 is 16.8 Å². The van der Waals surface area contributed by atoms with Gasteiger partial charge in [-0.1, -0.05) is 67.9 Å². The van der Waals surface area contributed by atoms with Crippen LogP contribution in [0.1, 0.15) is 136 Å². The van der Waals surface area contributed by atoms with Crippen molar-refractivity contribution in [2.45, 2.75) is 163 Å². The summed E-state index contributed by atoms with van der Waals surface area (Å²) in [5, 5.41) is 8.54. The second-order valence-corrected chi connectivity index (χ2v) is 25.1. The number of hydrogen-bond donors (Lipinski definition) is 0. The molecule has 3 aromatic carbocycles. The number of aryl methyl sites for hydroxylation is 3. The third kappa shape index (κ3) is 14.5. The molecule has 2 aliphatic heterocycles. The lowest BCUT2D eigenvalue weighted by Crippen LogP contribution is -2.57. The molecule has 0 bridgehead atoms. The van der Waals surface area contributed by atoms with Gasteiger partial charge in [-0.25, -0.2) is 14.4 Å². The summed E-state index contributed by atoms with van der Waals surface area (Å²) in [4.78, 5) is 48.5. The number of nitrogens with zero attached hydrogens (tertiary/aromatic N) is 7. The number of carbonyl (C=O) groups excluding carboxylic acids is 3. The number of fused-ring (bicyclic) bond motifs is 2. The highest BCUT2D eigenvalue weighted by Crippen LogP contribution is 2.47. The number of amides is 2. The zero-order chi connectivity index (χ0) is 57.0. The molecule has 78 heavy (non-hydrogen) atoms. The Morgan fingerprint density at radius 2 is 1.24 bits per heavy atom. The summed E-state index contributed by atoms with van der Waals surface area (Å²) in [6, 6.07) is 18.3. The Bertz CT molecular complexity index is 2900. The van der Waals surface area contributed by atoms with Crippen molar-refractivity contribution in [3.63, 3.8) is 0 Å². The van der Waals surface area contributed by atoms with E-state index in [-0.39, 0.29) is 29.2 Å². The first-order chi connectivity index (χ1) is 36.8. The van der Waals surface area contributed by atoms with E-state index in [4.69, 9.17) is 39.8 Å². The van der Waals surface area contributed by atoms with Gasteiger partial charge in [-0.15, -0.1) is 0 Å². The molecule has 2 aromatic heterocycles. The van der Waals surface area contributed by atoms with Gasteiger partial charge in [-0.05, 0) is 150 Å². The Kier molecular flexibility index (Phi) is 19.3. The molecule has 2 amide bonds. The number of aromatic nitrogens is 3. The van der Waals surface area contributed by atoms with Crippen molar-refractivity contribution in [1.82, 2.24) is 33.9 Å². The van der Waals surface area contributed by atoms with Gasteiger partial charge in [0, 0.05) is 111 Å². The van der Waals surface area contributed by atoms with Gasteiger partial charge >= 0.3 is 18.2 Å². The fraction of sp³-hybridized carbons (Fsp3) is 0.607. The molecule has 428 valence electrons. The summed E-state index contributed by atoms with van der Waals surface area (Å²) in [5.74, 6) is 0.478. The number of hydrogen-bond acceptors (Lipinski definition) is 12. The summed E-state index contributed by atoms with van der Waals surface area (Å²) in [6.07, 6.45) is 7.12. The molecule has 0 N–H and O–H groups in total. The molecule has 0 atom stereocenters. The summed E-state index contributed by atoms with van der Waals surface area (Å²) in [5.41, 5.74) is 4.46. The highest BCUT2D eigenvalue weighted by Gasteiger charge is 2.53. The number of benzene rings is 3. The Hall–Kier alpha value is -5.00. The molecule has 5 aromatic rings. The maximum Gasteiger partial charge on any atom is 0.410 e. The molecule has 4 aliphatic rings. The van der Waals surface area contributed by atoms with Crippen LogP contribution in [0.15, 0.2) is 54.6 Å². The molecule has 4 heterocycles. The molecule has 0 radical (unpaired) electrons. The van der Waals surface area contributed by atoms with Crippen LogP contribution in [0.3, 0.4) is 0 Å². The van der Waals surface area contributed by atoms with Crippen LogP contribution in [0.4, 0.5) is 9.59 Å². The minimum absolute atomic E-state index is 0.108. The topological polar surface area (TPSA) is 133 Å². The minimum Gasteiger partial charge on any atom is -0.493 e. The number of piperazine rings is 2. The van der Waals surface area contributed by atoms with Crippen molar-refractivity contribution in [3.05, 3.63) is 82.3 Å². The molecule has 2 aliphatic carbocycles. The van der Waals surface area contributed by atoms with Crippen LogP contribution in [-0.2, 0) is 38.4 Å². The van der Waals surface area contributed by atoms with Gasteiger partial charge in [0.2, 0.25) is 0 Å². The fourth-order valence-electron chi connectivity index (χ4n) is 11.0. The number of esters is 1. The first-order valence-electron chi connectivity index (χ1n) is 28.1. The van der Waals surface area contributed by atoms with E-state index in [0.717, 1.165) is 101 Å². The summed E-state index contributed by atoms with van der Waals surface area (Å²) in [7, 11) is 1.94. The quantitative estimate of drug-likeness (QED) is 0.0454. The van der Waals surface area contributed by atoms with Crippen LogP contribution >= 0.6 is 23.6 Å². The number of ether oxygens (including phenoxy) is 4. The van der Waals surface area contributed by atoms with Crippen molar-refractivity contribution >= 4 is 63.5 Å². The van der Waals surface area contributed by atoms with Crippen molar-refractivity contribution in [1.29, 1.82) is 0 Å². The minimum atomic E-state index is -0.708. The molecular weight excluding hydrogens is 1030 g/mol. The first-order valence-corrected chi connectivity index (χ1v) is 29.6. The number of halogens is 1. The molecule has 17 heteroatoms. The molecule has 2 saturated carbocycles. The van der Waals surface area contributed by atoms with Gasteiger partial charge in [-0.2, -0.15) is 5.10 Å². The molecule has 9 rings (SSSR count). The Morgan fingerprint density at radius 1 is 0.679 bits per heavy atom. The molecule has 4 fully saturated rings. The van der Waals surface area contributed by atoms with Crippen LogP contribution in [-0.4, -0.2) is 152 Å². The smallest absolute Gasteiger partial charge is 0.410 e. The SMILES string of the molecule is CC.CSOCCN1CCN(C(=O)OC(C)(C)C)CC12CC2.Cc1nn(C)c(C)c1-c1c(Cl)ccc2c(CCCOc3cccc4ccccc34)c(C(=O)OC(C)(C)C)n(CCN3CCN(C(=O)OC(C)(C)C)CC34CC4)c12. The van der Waals surface area contributed by atoms with E-state index in [2.05, 4.69) is 45.6 Å². The van der Waals surface area contributed by atoms with E-state index in [1.807, 2.05) is 141 Å². The fourth-order valence-corrected chi connectivity index (χ4v) is 11.5. The van der Waals surface area contributed by atoms with Gasteiger partial charge in [-0.3, -0.25) is 14.5 Å². The lowest BCUT2D eigenvalue weighted by molar-refractivity contribution is -0.00263. The highest BCUT2D eigenvalue weighted by molar-refractivity contribution is 7.93. The summed E-state index contributed by atoms with van der Waals surface area (Å²) < 4.78 is 33.2. The standard InChI is InChI=1S/C45H56ClN5O5.C14H26N2O3S.C2H6/c1-29-37(30(2)48(9)47-29)38-35(46)20-19-34-33(17-13-27-54-36-18-12-15-31-14-10-11-16-32(31)36)40(41(52)55-43(3,4)5)51(39(34)38)26-25-50-24-23-49(28-45(50)21-22-45)42(53)56-44(6,7)8;1-13(2,3)19-12(17)15-7-8-16(9-10-18-20-4)14(11-15)5-6-14;1-2/h10-12,14-16,18-20H,13,17,21-28H2,1-9H3;5-11H2,1-4H3;1-2H3. The van der Waals surface area contributed by atoms with Gasteiger partial charge in [0.15, 0.2) is 0 Å². The van der Waals surface area contributed by atoms with E-state index in [0.29, 0.717) is 62.9 Å². The predicted octanol–water partition coefficient (Wildman–Crippen LogP) is 12.9. The van der Waals surface area contributed by atoms with Gasteiger partial charge in [0.25, 0.3) is 0 Å². The summed E-state index contributed by atoms with van der Waals surface area (Å²) >= 11 is 8.61. The second-order valence-electron chi connectivity index (χ2n) is 24.1. The van der Waals surface area contributed by atoms with Crippen LogP contribution in [0.25, 0.3) is 32.8 Å². The molecular formula is C61H88ClN7O8S. The van der Waals surface area contributed by atoms with Crippen molar-refractivity contribution in [2.75, 3.05) is 71.8 Å². The maximum atomic E-state index is 14.6. The van der Waals surface area contributed by atoms with Crippen LogP contribution in [0, 0.1) is 13.8 Å². The highest BCUT2D eigenvalue weighted by atomic mass is 35.5. The average molecular weight is 1110 g/mol. The summed E-state index contributed by atoms with van der Waals surface area (Å²) in [6.45, 7) is 33.0. The zero-order valence-electron chi connectivity index (χ0n) is 49.4. The number of rotatable bonds is 14. The van der Waals surface area contributed by atoms with Crippen molar-refractivity contribution in [3.8, 4) is 16.9 Å². The van der Waals surface area contributed by atoms with Crippen LogP contribution in [0.2, 0.25) is 5.02 Å². The molecule has 0 unspecified atom stereocenters. The molecule has 15 nitrogen and oxygen atoms in total. The third-order valence-electron chi connectivity index (χ3n) is 14.9. The van der Waals surface area contributed by atoms with E-state index in [9.17, 15) is 14.4 Å². The van der Waals surface area contributed by atoms with E-state index in [1.54, 1.807) is 0 Å². The van der Waals surface area contributed by atoms with E-state index >= 15 is 0 Å². The second kappa shape index (κ2) is 24.8. The predicted molar refractivity (Wildman–Crippen MR) is 315 cm³/mol.